The molecule has 0 spiro atoms. The van der Waals surface area contributed by atoms with E-state index in [1.54, 1.807) is 0 Å². The third kappa shape index (κ3) is 2.84. The van der Waals surface area contributed by atoms with E-state index in [9.17, 15) is 0 Å². The number of hydrogen-bond acceptors (Lipinski definition) is 1. The Morgan fingerprint density at radius 1 is 1.29 bits per heavy atom. The van der Waals surface area contributed by atoms with E-state index in [4.69, 9.17) is 4.74 Å². The molecule has 0 fully saturated rings. The Morgan fingerprint density at radius 2 is 2.00 bits per heavy atom. The van der Waals surface area contributed by atoms with E-state index in [2.05, 4.69) is 37.0 Å². The second-order valence-corrected chi connectivity index (χ2v) is 5.79. The monoisotopic (exact) mass is 248 g/mol. The van der Waals surface area contributed by atoms with E-state index in [1.165, 1.54) is 11.1 Å². The maximum Gasteiger partial charge on any atom is 0.127 e. The molecule has 2 aliphatic rings. The van der Waals surface area contributed by atoms with E-state index in [0.717, 1.165) is 12.4 Å². The molecule has 1 nitrogen and oxygen atoms in total. The van der Waals surface area contributed by atoms with Crippen LogP contribution in [0.3, 0.4) is 0 Å². The van der Waals surface area contributed by atoms with Crippen LogP contribution >= 0.6 is 24.8 Å². The standard InChI is InChI=1S/C10H12OSi.2ClH/c1-12(2)7-8-5-9-3-4-11-10(9)6-8;;/h3,5-7H,4H2,1-2H3;2*1H. The number of allylic oxidation sites excluding steroid dienone is 3. The smallest absolute Gasteiger partial charge is 0.127 e. The molecular formula is C10H14Cl2OSi. The zero-order chi connectivity index (χ0) is 8.55. The molecule has 14 heavy (non-hydrogen) atoms. The zero-order valence-electron chi connectivity index (χ0n) is 8.24. The maximum absolute atomic E-state index is 5.40. The Bertz CT molecular complexity index is 336. The summed E-state index contributed by atoms with van der Waals surface area (Å²) in [5.74, 6) is 1.06. The first-order chi connectivity index (χ1) is 5.75. The van der Waals surface area contributed by atoms with Crippen LogP contribution in [0.25, 0.3) is 0 Å². The van der Waals surface area contributed by atoms with Gasteiger partial charge in [-0.15, -0.1) is 24.8 Å². The van der Waals surface area contributed by atoms with Crippen molar-refractivity contribution in [1.29, 1.82) is 0 Å². The average molecular weight is 249 g/mol. The molecule has 1 aliphatic carbocycles. The predicted molar refractivity (Wildman–Crippen MR) is 68.2 cm³/mol. The highest BCUT2D eigenvalue weighted by molar-refractivity contribution is 6.66. The van der Waals surface area contributed by atoms with Crippen molar-refractivity contribution in [2.75, 3.05) is 6.61 Å². The van der Waals surface area contributed by atoms with E-state index in [0.29, 0.717) is 0 Å². The number of hydrogen-bond donors (Lipinski definition) is 0. The Labute approximate surface area is 98.6 Å². The maximum atomic E-state index is 5.40. The fourth-order valence-corrected chi connectivity index (χ4v) is 2.28. The van der Waals surface area contributed by atoms with Gasteiger partial charge in [0.15, 0.2) is 0 Å². The van der Waals surface area contributed by atoms with Crippen molar-refractivity contribution in [3.63, 3.8) is 0 Å². The van der Waals surface area contributed by atoms with Gasteiger partial charge in [-0.05, 0) is 23.8 Å². The normalized spacial score (nSPS) is 16.3. The molecule has 2 rings (SSSR count). The number of halogens is 2. The van der Waals surface area contributed by atoms with Crippen LogP contribution in [-0.2, 0) is 4.74 Å². The molecule has 0 amide bonds. The summed E-state index contributed by atoms with van der Waals surface area (Å²) in [7, 11) is -0.269. The van der Waals surface area contributed by atoms with Crippen molar-refractivity contribution in [3.8, 4) is 0 Å². The summed E-state index contributed by atoms with van der Waals surface area (Å²) in [5.41, 5.74) is 4.94. The highest BCUT2D eigenvalue weighted by Crippen LogP contribution is 2.27. The average Bonchev–Trinajstić information content (AvgIpc) is 2.43. The third-order valence-corrected chi connectivity index (χ3v) is 2.81. The molecule has 0 aromatic carbocycles. The molecule has 78 valence electrons. The van der Waals surface area contributed by atoms with Gasteiger partial charge in [0.05, 0.1) is 0 Å². The minimum Gasteiger partial charge on any atom is -0.489 e. The SMILES string of the molecule is C[Si](C)=CC1=CC2=CCOC2=C1.Cl.Cl. The zero-order valence-corrected chi connectivity index (χ0v) is 10.9. The highest BCUT2D eigenvalue weighted by Gasteiger charge is 2.16. The lowest BCUT2D eigenvalue weighted by molar-refractivity contribution is 0.278. The van der Waals surface area contributed by atoms with Gasteiger partial charge in [-0.1, -0.05) is 18.8 Å². The molecule has 0 bridgehead atoms. The molecule has 1 heterocycles. The molecular weight excluding hydrogens is 235 g/mol. The Kier molecular flexibility index (Phi) is 5.42. The van der Waals surface area contributed by atoms with E-state index in [1.807, 2.05) is 0 Å². The highest BCUT2D eigenvalue weighted by atomic mass is 35.5. The molecule has 1 aliphatic heterocycles. The summed E-state index contributed by atoms with van der Waals surface area (Å²) in [6, 6.07) is 0. The lowest BCUT2D eigenvalue weighted by Gasteiger charge is -1.93. The van der Waals surface area contributed by atoms with Gasteiger partial charge in [-0.2, -0.15) is 0 Å². The summed E-state index contributed by atoms with van der Waals surface area (Å²) in [6.45, 7) is 5.32. The van der Waals surface area contributed by atoms with Crippen molar-refractivity contribution in [3.05, 3.63) is 35.1 Å². The van der Waals surface area contributed by atoms with Crippen molar-refractivity contribution in [1.82, 2.24) is 0 Å². The van der Waals surface area contributed by atoms with Crippen molar-refractivity contribution >= 4 is 38.9 Å². The van der Waals surface area contributed by atoms with Gasteiger partial charge in [-0.25, -0.2) is 0 Å². The van der Waals surface area contributed by atoms with Gasteiger partial charge in [0.25, 0.3) is 0 Å². The number of ether oxygens (including phenoxy) is 1. The first-order valence-corrected chi connectivity index (χ1v) is 6.75. The van der Waals surface area contributed by atoms with Crippen LogP contribution in [0.1, 0.15) is 0 Å². The molecule has 0 atom stereocenters. The first kappa shape index (κ1) is 13.7. The predicted octanol–water partition coefficient (Wildman–Crippen LogP) is 2.75. The largest absolute Gasteiger partial charge is 0.489 e. The number of rotatable bonds is 1. The minimum absolute atomic E-state index is 0. The van der Waals surface area contributed by atoms with Crippen LogP contribution in [0.4, 0.5) is 0 Å². The molecule has 0 aromatic heterocycles. The first-order valence-electron chi connectivity index (χ1n) is 4.17. The van der Waals surface area contributed by atoms with Crippen molar-refractivity contribution < 1.29 is 4.74 Å². The van der Waals surface area contributed by atoms with Crippen LogP contribution in [0.5, 0.6) is 0 Å². The van der Waals surface area contributed by atoms with Gasteiger partial charge < -0.3 is 4.74 Å². The fraction of sp³-hybridized carbons (Fsp3) is 0.300. The van der Waals surface area contributed by atoms with Crippen LogP contribution in [0.15, 0.2) is 35.1 Å². The van der Waals surface area contributed by atoms with Gasteiger partial charge >= 0.3 is 0 Å². The Balaban J connectivity index is 0.000000845. The molecule has 0 N–H and O–H groups in total. The van der Waals surface area contributed by atoms with Gasteiger partial charge in [0.2, 0.25) is 0 Å². The van der Waals surface area contributed by atoms with Crippen LogP contribution in [-0.4, -0.2) is 20.7 Å². The van der Waals surface area contributed by atoms with Crippen molar-refractivity contribution in [2.45, 2.75) is 13.1 Å². The quantitative estimate of drug-likeness (QED) is 0.649. The fourth-order valence-electron chi connectivity index (χ4n) is 1.45. The van der Waals surface area contributed by atoms with Crippen LogP contribution in [0, 0.1) is 0 Å². The van der Waals surface area contributed by atoms with Crippen LogP contribution in [0.2, 0.25) is 13.1 Å². The van der Waals surface area contributed by atoms with E-state index >= 15 is 0 Å². The lowest BCUT2D eigenvalue weighted by Crippen LogP contribution is -1.92. The van der Waals surface area contributed by atoms with E-state index < -0.39 is 0 Å². The Morgan fingerprint density at radius 3 is 2.57 bits per heavy atom. The van der Waals surface area contributed by atoms with Crippen LogP contribution < -0.4 is 0 Å². The van der Waals surface area contributed by atoms with Gasteiger partial charge in [0, 0.05) is 14.0 Å². The summed E-state index contributed by atoms with van der Waals surface area (Å²) in [6.07, 6.45) is 6.47. The van der Waals surface area contributed by atoms with E-state index in [-0.39, 0.29) is 33.2 Å². The van der Waals surface area contributed by atoms with Gasteiger partial charge in [-0.3, -0.25) is 0 Å². The summed E-state index contributed by atoms with van der Waals surface area (Å²) in [4.78, 5) is 0. The minimum atomic E-state index is -0.269. The molecule has 0 unspecified atom stereocenters. The lowest BCUT2D eigenvalue weighted by atomic mass is 10.3. The number of fused-ring (bicyclic) bond motifs is 1. The summed E-state index contributed by atoms with van der Waals surface area (Å²) >= 11 is 0. The van der Waals surface area contributed by atoms with Crippen molar-refractivity contribution in [2.24, 2.45) is 0 Å². The summed E-state index contributed by atoms with van der Waals surface area (Å²) in [5, 5.41) is 0. The Hall–Kier alpha value is -0.313. The molecule has 0 saturated carbocycles. The second-order valence-electron chi connectivity index (χ2n) is 3.35. The molecule has 0 radical (unpaired) electrons. The topological polar surface area (TPSA) is 9.23 Å². The van der Waals surface area contributed by atoms with Gasteiger partial charge in [0.1, 0.15) is 12.4 Å². The molecule has 4 heteroatoms. The molecule has 0 saturated heterocycles. The summed E-state index contributed by atoms with van der Waals surface area (Å²) < 4.78 is 5.40. The second kappa shape index (κ2) is 5.54. The third-order valence-electron chi connectivity index (χ3n) is 1.90. The molecule has 0 aromatic rings.